The number of rotatable bonds is 11. The second-order valence-corrected chi connectivity index (χ2v) is 14.1. The highest BCUT2D eigenvalue weighted by atomic mass is 35.5. The Morgan fingerprint density at radius 3 is 1.93 bits per heavy atom. The number of hydrogen-bond donors (Lipinski definition) is 1. The molecular weight excluding hydrogens is 636 g/mol. The molecule has 4 rings (SSSR count). The van der Waals surface area contributed by atoms with Crippen LogP contribution in [0.3, 0.4) is 0 Å². The van der Waals surface area contributed by atoms with Crippen molar-refractivity contribution < 1.29 is 22.4 Å². The Hall–Kier alpha value is -3.92. The lowest BCUT2D eigenvalue weighted by Gasteiger charge is -2.35. The predicted molar refractivity (Wildman–Crippen MR) is 176 cm³/mol. The topological polar surface area (TPSA) is 86.8 Å². The smallest absolute Gasteiger partial charge is 0.264 e. The van der Waals surface area contributed by atoms with Crippen LogP contribution in [0.15, 0.2) is 108 Å². The van der Waals surface area contributed by atoms with Crippen molar-refractivity contribution in [2.45, 2.75) is 50.2 Å². The third-order valence-electron chi connectivity index (χ3n) is 6.88. The van der Waals surface area contributed by atoms with Gasteiger partial charge in [-0.2, -0.15) is 0 Å². The molecule has 1 atom stereocenters. The molecule has 0 aliphatic heterocycles. The van der Waals surface area contributed by atoms with Crippen molar-refractivity contribution in [1.29, 1.82) is 0 Å². The van der Waals surface area contributed by atoms with Crippen LogP contribution in [0.2, 0.25) is 10.0 Å². The number of carbonyl (C=O) groups is 2. The summed E-state index contributed by atoms with van der Waals surface area (Å²) in [6.45, 7) is 4.59. The summed E-state index contributed by atoms with van der Waals surface area (Å²) in [5.74, 6) is -1.71. The van der Waals surface area contributed by atoms with Gasteiger partial charge in [0.25, 0.3) is 10.0 Å². The van der Waals surface area contributed by atoms with Crippen molar-refractivity contribution in [1.82, 2.24) is 10.2 Å². The molecule has 11 heteroatoms. The molecule has 236 valence electrons. The summed E-state index contributed by atoms with van der Waals surface area (Å²) in [5.41, 5.74) is 0.611. The molecule has 0 saturated carbocycles. The van der Waals surface area contributed by atoms with Crippen LogP contribution in [0, 0.1) is 5.82 Å². The van der Waals surface area contributed by atoms with E-state index in [4.69, 9.17) is 23.2 Å². The minimum absolute atomic E-state index is 0.0610. The average Bonchev–Trinajstić information content (AvgIpc) is 2.99. The number of nitrogens with zero attached hydrogens (tertiary/aromatic N) is 2. The van der Waals surface area contributed by atoms with E-state index in [0.717, 1.165) is 22.0 Å². The Morgan fingerprint density at radius 2 is 1.38 bits per heavy atom. The molecule has 0 aliphatic rings. The predicted octanol–water partition coefficient (Wildman–Crippen LogP) is 6.88. The quantitative estimate of drug-likeness (QED) is 0.189. The summed E-state index contributed by atoms with van der Waals surface area (Å²) in [6, 6.07) is 25.4. The summed E-state index contributed by atoms with van der Waals surface area (Å²) in [4.78, 5) is 29.7. The summed E-state index contributed by atoms with van der Waals surface area (Å²) < 4.78 is 42.7. The zero-order valence-electron chi connectivity index (χ0n) is 25.1. The van der Waals surface area contributed by atoms with Gasteiger partial charge in [-0.3, -0.25) is 13.9 Å². The minimum Gasteiger partial charge on any atom is -0.350 e. The first kappa shape index (κ1) is 34.0. The van der Waals surface area contributed by atoms with Crippen LogP contribution < -0.4 is 9.62 Å². The van der Waals surface area contributed by atoms with Crippen LogP contribution in [0.4, 0.5) is 10.1 Å². The van der Waals surface area contributed by atoms with Gasteiger partial charge in [0.05, 0.1) is 10.6 Å². The van der Waals surface area contributed by atoms with Gasteiger partial charge in [0.15, 0.2) is 0 Å². The van der Waals surface area contributed by atoms with E-state index in [1.165, 1.54) is 29.2 Å². The standard InChI is InChI=1S/C34H34Cl2FN3O4S/c1-34(2,3)38-33(42)31(21-24-11-6-4-7-12-24)39(22-28-29(35)15-10-16-30(28)36)32(41)23-40(26-19-17-25(37)18-20-26)45(43,44)27-13-8-5-9-14-27/h4-20,31H,21-23H2,1-3H3,(H,38,42). The van der Waals surface area contributed by atoms with Crippen LogP contribution >= 0.6 is 23.2 Å². The lowest BCUT2D eigenvalue weighted by molar-refractivity contribution is -0.140. The molecule has 2 amide bonds. The maximum Gasteiger partial charge on any atom is 0.264 e. The van der Waals surface area contributed by atoms with Gasteiger partial charge in [0.2, 0.25) is 11.8 Å². The molecule has 0 radical (unpaired) electrons. The first-order valence-corrected chi connectivity index (χ1v) is 16.4. The summed E-state index contributed by atoms with van der Waals surface area (Å²) in [6.07, 6.45) is 0.124. The monoisotopic (exact) mass is 669 g/mol. The van der Waals surface area contributed by atoms with Crippen molar-refractivity contribution in [2.24, 2.45) is 0 Å². The van der Waals surface area contributed by atoms with Crippen molar-refractivity contribution >= 4 is 50.7 Å². The van der Waals surface area contributed by atoms with E-state index in [-0.39, 0.29) is 33.6 Å². The third kappa shape index (κ3) is 8.84. The molecule has 7 nitrogen and oxygen atoms in total. The molecular formula is C34H34Cl2FN3O4S. The molecule has 0 heterocycles. The fourth-order valence-corrected chi connectivity index (χ4v) is 6.67. The second kappa shape index (κ2) is 14.5. The first-order chi connectivity index (χ1) is 21.3. The Labute approximate surface area is 273 Å². The minimum atomic E-state index is -4.31. The van der Waals surface area contributed by atoms with E-state index in [1.807, 2.05) is 51.1 Å². The van der Waals surface area contributed by atoms with Gasteiger partial charge in [-0.1, -0.05) is 77.8 Å². The fraction of sp³-hybridized carbons (Fsp3) is 0.235. The van der Waals surface area contributed by atoms with E-state index in [9.17, 15) is 22.4 Å². The summed E-state index contributed by atoms with van der Waals surface area (Å²) >= 11 is 13.1. The zero-order chi connectivity index (χ0) is 32.8. The molecule has 45 heavy (non-hydrogen) atoms. The van der Waals surface area contributed by atoms with Crippen molar-refractivity contribution in [2.75, 3.05) is 10.8 Å². The van der Waals surface area contributed by atoms with Gasteiger partial charge in [-0.05, 0) is 74.9 Å². The molecule has 1 N–H and O–H groups in total. The molecule has 0 saturated heterocycles. The molecule has 0 aromatic heterocycles. The van der Waals surface area contributed by atoms with Gasteiger partial charge in [-0.25, -0.2) is 12.8 Å². The molecule has 0 aliphatic carbocycles. The van der Waals surface area contributed by atoms with Gasteiger partial charge >= 0.3 is 0 Å². The number of hydrogen-bond acceptors (Lipinski definition) is 4. The third-order valence-corrected chi connectivity index (χ3v) is 9.38. The summed E-state index contributed by atoms with van der Waals surface area (Å²) in [7, 11) is -4.31. The number of benzene rings is 4. The van der Waals surface area contributed by atoms with Gasteiger partial charge in [0.1, 0.15) is 18.4 Å². The molecule has 0 bridgehead atoms. The van der Waals surface area contributed by atoms with Crippen LogP contribution in [0.25, 0.3) is 0 Å². The SMILES string of the molecule is CC(C)(C)NC(=O)C(Cc1ccccc1)N(Cc1c(Cl)cccc1Cl)C(=O)CN(c1ccc(F)cc1)S(=O)(=O)c1ccccc1. The normalized spacial score (nSPS) is 12.3. The molecule has 1 unspecified atom stereocenters. The first-order valence-electron chi connectivity index (χ1n) is 14.2. The van der Waals surface area contributed by atoms with Crippen LogP contribution in [-0.4, -0.2) is 43.3 Å². The lowest BCUT2D eigenvalue weighted by Crippen LogP contribution is -2.56. The maximum absolute atomic E-state index is 14.5. The number of sulfonamides is 1. The molecule has 0 fully saturated rings. The van der Waals surface area contributed by atoms with Crippen LogP contribution in [0.1, 0.15) is 31.9 Å². The number of carbonyl (C=O) groups excluding carboxylic acids is 2. The molecule has 0 spiro atoms. The van der Waals surface area contributed by atoms with Crippen molar-refractivity contribution in [3.05, 3.63) is 130 Å². The average molecular weight is 671 g/mol. The van der Waals surface area contributed by atoms with Crippen LogP contribution in [-0.2, 0) is 32.6 Å². The number of anilines is 1. The van der Waals surface area contributed by atoms with Crippen molar-refractivity contribution in [3.8, 4) is 0 Å². The van der Waals surface area contributed by atoms with Gasteiger partial charge < -0.3 is 10.2 Å². The number of halogens is 3. The highest BCUT2D eigenvalue weighted by Crippen LogP contribution is 2.29. The van der Waals surface area contributed by atoms with Crippen LogP contribution in [0.5, 0.6) is 0 Å². The highest BCUT2D eigenvalue weighted by molar-refractivity contribution is 7.92. The second-order valence-electron chi connectivity index (χ2n) is 11.5. The Kier molecular flexibility index (Phi) is 10.9. The number of amides is 2. The zero-order valence-corrected chi connectivity index (χ0v) is 27.4. The molecule has 4 aromatic carbocycles. The van der Waals surface area contributed by atoms with Crippen molar-refractivity contribution in [3.63, 3.8) is 0 Å². The summed E-state index contributed by atoms with van der Waals surface area (Å²) in [5, 5.41) is 3.52. The highest BCUT2D eigenvalue weighted by Gasteiger charge is 2.36. The lowest BCUT2D eigenvalue weighted by atomic mass is 10.0. The van der Waals surface area contributed by atoms with E-state index in [2.05, 4.69) is 5.32 Å². The Bertz CT molecular complexity index is 1710. The number of nitrogens with one attached hydrogen (secondary N) is 1. The van der Waals surface area contributed by atoms with E-state index in [0.29, 0.717) is 5.56 Å². The Balaban J connectivity index is 1.84. The van der Waals surface area contributed by atoms with E-state index < -0.39 is 45.8 Å². The largest absolute Gasteiger partial charge is 0.350 e. The Morgan fingerprint density at radius 1 is 0.822 bits per heavy atom. The van der Waals surface area contributed by atoms with E-state index in [1.54, 1.807) is 36.4 Å². The van der Waals surface area contributed by atoms with E-state index >= 15 is 0 Å². The maximum atomic E-state index is 14.5. The van der Waals surface area contributed by atoms with Gasteiger partial charge in [-0.15, -0.1) is 0 Å². The molecule has 4 aromatic rings. The fourth-order valence-electron chi connectivity index (χ4n) is 4.72. The van der Waals surface area contributed by atoms with Gasteiger partial charge in [0, 0.05) is 34.1 Å².